The van der Waals surface area contributed by atoms with Crippen molar-refractivity contribution in [2.24, 2.45) is 0 Å². The zero-order valence-electron chi connectivity index (χ0n) is 14.8. The molecule has 0 amide bonds. The maximum atomic E-state index is 5.97. The van der Waals surface area contributed by atoms with Crippen molar-refractivity contribution in [1.82, 2.24) is 9.97 Å². The van der Waals surface area contributed by atoms with Gasteiger partial charge in [0.2, 0.25) is 0 Å². The number of fused-ring (bicyclic) bond motifs is 1. The number of hydrogen-bond donors (Lipinski definition) is 1. The number of ether oxygens (including phenoxy) is 2. The molecule has 2 aromatic carbocycles. The summed E-state index contributed by atoms with van der Waals surface area (Å²) in [4.78, 5) is 8.08. The number of benzene rings is 2. The van der Waals surface area contributed by atoms with Crippen LogP contribution in [0.4, 0.5) is 0 Å². The molecule has 0 saturated carbocycles. The van der Waals surface area contributed by atoms with Crippen LogP contribution in [0.15, 0.2) is 49.1 Å². The molecule has 0 aliphatic heterocycles. The predicted molar refractivity (Wildman–Crippen MR) is 102 cm³/mol. The van der Waals surface area contributed by atoms with E-state index in [1.165, 1.54) is 0 Å². The van der Waals surface area contributed by atoms with Gasteiger partial charge in [-0.1, -0.05) is 25.1 Å². The topological polar surface area (TPSA) is 47.1 Å². The summed E-state index contributed by atoms with van der Waals surface area (Å²) >= 11 is 0. The van der Waals surface area contributed by atoms with Gasteiger partial charge in [0.25, 0.3) is 0 Å². The lowest BCUT2D eigenvalue weighted by molar-refractivity contribution is 0.275. The lowest BCUT2D eigenvalue weighted by Gasteiger charge is -2.16. The van der Waals surface area contributed by atoms with Crippen molar-refractivity contribution in [3.05, 3.63) is 54.6 Å². The van der Waals surface area contributed by atoms with Gasteiger partial charge in [-0.05, 0) is 44.0 Å². The van der Waals surface area contributed by atoms with Crippen LogP contribution in [0.1, 0.15) is 25.8 Å². The van der Waals surface area contributed by atoms with Crippen molar-refractivity contribution < 1.29 is 9.47 Å². The summed E-state index contributed by atoms with van der Waals surface area (Å²) in [5, 5.41) is 0. The van der Waals surface area contributed by atoms with Gasteiger partial charge in [0.1, 0.15) is 5.82 Å². The molecule has 0 atom stereocenters. The van der Waals surface area contributed by atoms with Gasteiger partial charge in [0, 0.05) is 11.1 Å². The Kier molecular flexibility index (Phi) is 5.39. The van der Waals surface area contributed by atoms with Crippen molar-refractivity contribution >= 4 is 11.0 Å². The molecule has 1 heterocycles. The Morgan fingerprint density at radius 2 is 2.00 bits per heavy atom. The third kappa shape index (κ3) is 3.68. The number of hydrogen-bond acceptors (Lipinski definition) is 3. The fourth-order valence-corrected chi connectivity index (χ4v) is 2.82. The molecule has 0 radical (unpaired) electrons. The number of nitrogens with zero attached hydrogens (tertiary/aromatic N) is 1. The van der Waals surface area contributed by atoms with Crippen LogP contribution in [-0.2, 0) is 6.42 Å². The minimum Gasteiger partial charge on any atom is -0.490 e. The molecule has 0 unspecified atom stereocenters. The highest BCUT2D eigenvalue weighted by Gasteiger charge is 2.15. The maximum Gasteiger partial charge on any atom is 0.164 e. The Hall–Kier alpha value is -2.75. The number of H-pyrrole nitrogens is 1. The lowest BCUT2D eigenvalue weighted by atomic mass is 10.0. The molecule has 0 aliphatic rings. The van der Waals surface area contributed by atoms with Crippen molar-refractivity contribution in [3.8, 4) is 22.9 Å². The molecule has 3 rings (SSSR count). The lowest BCUT2D eigenvalue weighted by Crippen LogP contribution is -2.03. The molecule has 25 heavy (non-hydrogen) atoms. The van der Waals surface area contributed by atoms with Gasteiger partial charge in [-0.25, -0.2) is 4.98 Å². The van der Waals surface area contributed by atoms with Gasteiger partial charge in [-0.15, -0.1) is 6.58 Å². The van der Waals surface area contributed by atoms with E-state index in [2.05, 4.69) is 24.6 Å². The van der Waals surface area contributed by atoms with Crippen molar-refractivity contribution in [1.29, 1.82) is 0 Å². The van der Waals surface area contributed by atoms with Crippen molar-refractivity contribution in [3.63, 3.8) is 0 Å². The third-order valence-electron chi connectivity index (χ3n) is 3.91. The van der Waals surface area contributed by atoms with Crippen LogP contribution in [0, 0.1) is 0 Å². The molecule has 1 aromatic heterocycles. The summed E-state index contributed by atoms with van der Waals surface area (Å²) < 4.78 is 11.8. The quantitative estimate of drug-likeness (QED) is 0.579. The summed E-state index contributed by atoms with van der Waals surface area (Å²) in [7, 11) is 0. The zero-order valence-corrected chi connectivity index (χ0v) is 14.8. The van der Waals surface area contributed by atoms with Gasteiger partial charge in [0.05, 0.1) is 24.2 Å². The Labute approximate surface area is 148 Å². The molecule has 0 spiro atoms. The third-order valence-corrected chi connectivity index (χ3v) is 3.91. The molecule has 0 saturated heterocycles. The summed E-state index contributed by atoms with van der Waals surface area (Å²) in [5.41, 5.74) is 4.02. The molecule has 1 N–H and O–H groups in total. The van der Waals surface area contributed by atoms with E-state index in [-0.39, 0.29) is 0 Å². The highest BCUT2D eigenvalue weighted by atomic mass is 16.5. The first-order valence-electron chi connectivity index (χ1n) is 8.75. The number of aromatic nitrogens is 2. The summed E-state index contributed by atoms with van der Waals surface area (Å²) in [6, 6.07) is 12.1. The molecular weight excluding hydrogens is 312 g/mol. The maximum absolute atomic E-state index is 5.97. The molecule has 3 aromatic rings. The van der Waals surface area contributed by atoms with E-state index < -0.39 is 0 Å². The van der Waals surface area contributed by atoms with Crippen LogP contribution in [0.2, 0.25) is 0 Å². The largest absolute Gasteiger partial charge is 0.490 e. The van der Waals surface area contributed by atoms with Gasteiger partial charge in [-0.2, -0.15) is 0 Å². The SMILES string of the molecule is C=CCc1cc(-c2nc3ccccc3[nH]2)cc(OCC)c1OCCC. The number of rotatable bonds is 8. The fraction of sp³-hybridized carbons (Fsp3) is 0.286. The molecule has 0 bridgehead atoms. The molecule has 4 heteroatoms. The summed E-state index contributed by atoms with van der Waals surface area (Å²) in [6.07, 6.45) is 3.55. The van der Waals surface area contributed by atoms with Crippen LogP contribution in [0.5, 0.6) is 11.5 Å². The first-order chi connectivity index (χ1) is 12.3. The van der Waals surface area contributed by atoms with E-state index in [9.17, 15) is 0 Å². The standard InChI is InChI=1S/C21H24N2O2/c1-4-9-15-13-16(14-19(24-6-3)20(15)25-12-5-2)21-22-17-10-7-8-11-18(17)23-21/h4,7-8,10-11,13-14H,1,5-6,9,12H2,2-3H3,(H,22,23). The fourth-order valence-electron chi connectivity index (χ4n) is 2.82. The highest BCUT2D eigenvalue weighted by Crippen LogP contribution is 2.37. The molecule has 0 aliphatic carbocycles. The van der Waals surface area contributed by atoms with Crippen LogP contribution < -0.4 is 9.47 Å². The second kappa shape index (κ2) is 7.88. The number of para-hydroxylation sites is 2. The van der Waals surface area contributed by atoms with E-state index in [0.717, 1.165) is 45.9 Å². The van der Waals surface area contributed by atoms with E-state index in [0.29, 0.717) is 19.6 Å². The number of nitrogens with one attached hydrogen (secondary N) is 1. The van der Waals surface area contributed by atoms with Crippen molar-refractivity contribution in [2.75, 3.05) is 13.2 Å². The zero-order chi connectivity index (χ0) is 17.6. The second-order valence-electron chi connectivity index (χ2n) is 5.84. The Morgan fingerprint density at radius 3 is 2.72 bits per heavy atom. The minimum atomic E-state index is 0.583. The van der Waals surface area contributed by atoms with E-state index in [4.69, 9.17) is 14.5 Å². The van der Waals surface area contributed by atoms with Crippen LogP contribution in [0.3, 0.4) is 0 Å². The van der Waals surface area contributed by atoms with Crippen LogP contribution >= 0.6 is 0 Å². The molecule has 4 nitrogen and oxygen atoms in total. The number of imidazole rings is 1. The molecular formula is C21H24N2O2. The number of aromatic amines is 1. The second-order valence-corrected chi connectivity index (χ2v) is 5.84. The van der Waals surface area contributed by atoms with E-state index in [1.807, 2.05) is 43.3 Å². The Morgan fingerprint density at radius 1 is 1.16 bits per heavy atom. The van der Waals surface area contributed by atoms with Gasteiger partial charge >= 0.3 is 0 Å². The minimum absolute atomic E-state index is 0.583. The number of allylic oxidation sites excluding steroid dienone is 1. The van der Waals surface area contributed by atoms with Crippen LogP contribution in [0.25, 0.3) is 22.4 Å². The molecule has 130 valence electrons. The van der Waals surface area contributed by atoms with Gasteiger partial charge < -0.3 is 14.5 Å². The average molecular weight is 336 g/mol. The normalized spacial score (nSPS) is 10.8. The monoisotopic (exact) mass is 336 g/mol. The van der Waals surface area contributed by atoms with Gasteiger partial charge in [0.15, 0.2) is 11.5 Å². The van der Waals surface area contributed by atoms with E-state index >= 15 is 0 Å². The highest BCUT2D eigenvalue weighted by molar-refractivity contribution is 5.80. The summed E-state index contributed by atoms with van der Waals surface area (Å²) in [6.45, 7) is 9.18. The Bertz CT molecular complexity index is 834. The van der Waals surface area contributed by atoms with E-state index in [1.54, 1.807) is 0 Å². The van der Waals surface area contributed by atoms with Crippen LogP contribution in [-0.4, -0.2) is 23.2 Å². The van der Waals surface area contributed by atoms with Crippen molar-refractivity contribution in [2.45, 2.75) is 26.7 Å². The average Bonchev–Trinajstić information content (AvgIpc) is 3.05. The molecule has 0 fully saturated rings. The van der Waals surface area contributed by atoms with Gasteiger partial charge in [-0.3, -0.25) is 0 Å². The predicted octanol–water partition coefficient (Wildman–Crippen LogP) is 5.15. The first kappa shape index (κ1) is 17.1. The smallest absolute Gasteiger partial charge is 0.164 e. The summed E-state index contributed by atoms with van der Waals surface area (Å²) in [5.74, 6) is 2.39. The first-order valence-corrected chi connectivity index (χ1v) is 8.75. The Balaban J connectivity index is 2.10.